The van der Waals surface area contributed by atoms with Crippen molar-refractivity contribution in [1.82, 2.24) is 24.3 Å². The van der Waals surface area contributed by atoms with Gasteiger partial charge >= 0.3 is 0 Å². The maximum absolute atomic E-state index is 13.1. The number of amides is 2. The fourth-order valence-electron chi connectivity index (χ4n) is 4.41. The number of carbonyl (C=O) groups excluding carboxylic acids is 2. The van der Waals surface area contributed by atoms with E-state index in [2.05, 4.69) is 10.3 Å². The Labute approximate surface area is 210 Å². The zero-order valence-electron chi connectivity index (χ0n) is 20.4. The predicted octanol–water partition coefficient (Wildman–Crippen LogP) is 4.32. The van der Waals surface area contributed by atoms with Crippen LogP contribution in [-0.2, 0) is 4.79 Å². The van der Waals surface area contributed by atoms with Crippen LogP contribution in [0.4, 0.5) is 5.95 Å². The molecule has 0 radical (unpaired) electrons. The molecule has 1 fully saturated rings. The first kappa shape index (κ1) is 24.9. The summed E-state index contributed by atoms with van der Waals surface area (Å²) >= 11 is 6.63. The molecule has 1 saturated heterocycles. The molecular weight excluding hydrogens is 464 g/mol. The summed E-state index contributed by atoms with van der Waals surface area (Å²) < 4.78 is 2.00. The zero-order chi connectivity index (χ0) is 24.9. The predicted molar refractivity (Wildman–Crippen MR) is 139 cm³/mol. The molecule has 184 valence electrons. The fourth-order valence-corrected chi connectivity index (χ4v) is 4.67. The van der Waals surface area contributed by atoms with Gasteiger partial charge in [-0.05, 0) is 64.5 Å². The van der Waals surface area contributed by atoms with Gasteiger partial charge in [0.1, 0.15) is 0 Å². The number of aromatic nitrogens is 3. The molecule has 1 atom stereocenters. The molecule has 2 amide bonds. The summed E-state index contributed by atoms with van der Waals surface area (Å²) in [5, 5.41) is 3.54. The van der Waals surface area contributed by atoms with Crippen LogP contribution in [0.1, 0.15) is 41.4 Å². The zero-order valence-corrected chi connectivity index (χ0v) is 21.1. The highest BCUT2D eigenvalue weighted by molar-refractivity contribution is 6.35. The lowest BCUT2D eigenvalue weighted by molar-refractivity contribution is -0.126. The first-order valence-corrected chi connectivity index (χ1v) is 12.2. The van der Waals surface area contributed by atoms with E-state index in [0.29, 0.717) is 41.7 Å². The number of imidazole rings is 1. The molecule has 3 aromatic rings. The second-order valence-corrected chi connectivity index (χ2v) is 9.56. The number of pyridine rings is 1. The molecule has 1 unspecified atom stereocenters. The van der Waals surface area contributed by atoms with Crippen molar-refractivity contribution in [1.29, 1.82) is 0 Å². The number of benzene rings is 1. The van der Waals surface area contributed by atoms with Crippen LogP contribution in [0, 0.1) is 6.92 Å². The van der Waals surface area contributed by atoms with Crippen LogP contribution < -0.4 is 5.32 Å². The second-order valence-electron chi connectivity index (χ2n) is 9.15. The summed E-state index contributed by atoms with van der Waals surface area (Å²) in [5.41, 5.74) is 2.73. The number of likely N-dealkylation sites (N-methyl/N-ethyl adjacent to an activating group) is 1. The van der Waals surface area contributed by atoms with Crippen molar-refractivity contribution in [2.24, 2.45) is 0 Å². The number of anilines is 1. The number of halogens is 1. The van der Waals surface area contributed by atoms with Gasteiger partial charge in [-0.25, -0.2) is 4.98 Å². The summed E-state index contributed by atoms with van der Waals surface area (Å²) in [5.74, 6) is 0.151. The number of hydrogen-bond donors (Lipinski definition) is 1. The van der Waals surface area contributed by atoms with E-state index in [9.17, 15) is 9.59 Å². The van der Waals surface area contributed by atoms with E-state index < -0.39 is 0 Å². The van der Waals surface area contributed by atoms with Crippen LogP contribution in [-0.4, -0.2) is 69.9 Å². The average molecular weight is 495 g/mol. The van der Waals surface area contributed by atoms with E-state index in [0.717, 1.165) is 30.5 Å². The van der Waals surface area contributed by atoms with Crippen LogP contribution in [0.25, 0.3) is 11.0 Å². The third-order valence-electron chi connectivity index (χ3n) is 6.10. The monoisotopic (exact) mass is 494 g/mol. The van der Waals surface area contributed by atoms with E-state index in [1.165, 1.54) is 0 Å². The molecule has 35 heavy (non-hydrogen) atoms. The molecule has 1 aromatic carbocycles. The third kappa shape index (κ3) is 5.89. The Morgan fingerprint density at radius 2 is 2.09 bits per heavy atom. The first-order valence-electron chi connectivity index (χ1n) is 11.8. The molecule has 0 spiro atoms. The van der Waals surface area contributed by atoms with Gasteiger partial charge < -0.3 is 14.4 Å². The summed E-state index contributed by atoms with van der Waals surface area (Å²) in [4.78, 5) is 38.8. The maximum atomic E-state index is 13.1. The Bertz CT molecular complexity index is 1250. The highest BCUT2D eigenvalue weighted by Crippen LogP contribution is 2.34. The average Bonchev–Trinajstić information content (AvgIpc) is 3.01. The van der Waals surface area contributed by atoms with E-state index in [1.807, 2.05) is 59.7 Å². The van der Waals surface area contributed by atoms with Crippen molar-refractivity contribution in [2.45, 2.75) is 32.2 Å². The fraction of sp³-hybridized carbons (Fsp3) is 0.385. The van der Waals surface area contributed by atoms with Crippen LogP contribution in [0.3, 0.4) is 0 Å². The van der Waals surface area contributed by atoms with Gasteiger partial charge in [-0.2, -0.15) is 0 Å². The molecule has 3 heterocycles. The van der Waals surface area contributed by atoms with Crippen LogP contribution in [0.2, 0.25) is 5.02 Å². The summed E-state index contributed by atoms with van der Waals surface area (Å²) in [6.07, 6.45) is 7.87. The normalized spacial score (nSPS) is 16.7. The molecule has 2 aromatic heterocycles. The van der Waals surface area contributed by atoms with Crippen LogP contribution in [0.5, 0.6) is 0 Å². The van der Waals surface area contributed by atoms with Crippen LogP contribution in [0.15, 0.2) is 48.7 Å². The van der Waals surface area contributed by atoms with Gasteiger partial charge in [0.15, 0.2) is 0 Å². The first-order chi connectivity index (χ1) is 16.8. The van der Waals surface area contributed by atoms with Crippen molar-refractivity contribution >= 4 is 40.4 Å². The largest absolute Gasteiger partial charge is 0.337 e. The van der Waals surface area contributed by atoms with E-state index in [4.69, 9.17) is 16.6 Å². The molecule has 1 N–H and O–H groups in total. The molecule has 8 nitrogen and oxygen atoms in total. The number of hydrogen-bond acceptors (Lipinski definition) is 5. The van der Waals surface area contributed by atoms with Crippen molar-refractivity contribution in [3.8, 4) is 0 Å². The maximum Gasteiger partial charge on any atom is 0.258 e. The van der Waals surface area contributed by atoms with Crippen molar-refractivity contribution in [3.63, 3.8) is 0 Å². The lowest BCUT2D eigenvalue weighted by Crippen LogP contribution is -2.34. The number of aryl methyl sites for hydroxylation is 1. The van der Waals surface area contributed by atoms with E-state index in [-0.39, 0.29) is 17.9 Å². The number of fused-ring (bicyclic) bond motifs is 1. The minimum absolute atomic E-state index is 0.00730. The van der Waals surface area contributed by atoms with Gasteiger partial charge in [-0.1, -0.05) is 23.7 Å². The Morgan fingerprint density at radius 1 is 1.26 bits per heavy atom. The Kier molecular flexibility index (Phi) is 7.83. The second kappa shape index (κ2) is 11.0. The Balaban J connectivity index is 1.68. The van der Waals surface area contributed by atoms with Gasteiger partial charge in [0.05, 0.1) is 22.1 Å². The number of carbonyl (C=O) groups is 2. The Morgan fingerprint density at radius 3 is 2.86 bits per heavy atom. The van der Waals surface area contributed by atoms with Crippen LogP contribution >= 0.6 is 11.6 Å². The quantitative estimate of drug-likeness (QED) is 0.516. The van der Waals surface area contributed by atoms with Gasteiger partial charge in [0.2, 0.25) is 11.9 Å². The molecule has 9 heteroatoms. The summed E-state index contributed by atoms with van der Waals surface area (Å²) in [6, 6.07) is 8.88. The van der Waals surface area contributed by atoms with Crippen molar-refractivity contribution in [2.75, 3.05) is 39.0 Å². The number of nitrogens with zero attached hydrogens (tertiary/aromatic N) is 5. The minimum Gasteiger partial charge on any atom is -0.337 e. The van der Waals surface area contributed by atoms with Gasteiger partial charge in [0, 0.05) is 43.2 Å². The highest BCUT2D eigenvalue weighted by Gasteiger charge is 2.27. The number of likely N-dealkylation sites (tertiary alicyclic amines) is 1. The lowest BCUT2D eigenvalue weighted by atomic mass is 10.1. The van der Waals surface area contributed by atoms with E-state index in [1.54, 1.807) is 24.4 Å². The molecule has 0 aliphatic carbocycles. The standard InChI is InChI=1S/C26H31ClN6O2/c1-18-16-19(12-13-28-18)25(35)30-26-29-22-10-6-9-21(27)24(22)33(26)20-8-4-5-15-32(17-20)23(34)11-7-14-31(2)3/h6-7,9-13,16,20H,4-5,8,14-15,17H2,1-3H3,(H,29,30,35). The summed E-state index contributed by atoms with van der Waals surface area (Å²) in [7, 11) is 3.93. The molecule has 4 rings (SSSR count). The molecule has 0 bridgehead atoms. The van der Waals surface area contributed by atoms with Gasteiger partial charge in [-0.15, -0.1) is 0 Å². The SMILES string of the molecule is Cc1cc(C(=O)Nc2nc3cccc(Cl)c3n2C2CCCCN(C(=O)C=CCN(C)C)C2)ccn1. The smallest absolute Gasteiger partial charge is 0.258 e. The van der Waals surface area contributed by atoms with Crippen molar-refractivity contribution in [3.05, 3.63) is 65.0 Å². The minimum atomic E-state index is -0.267. The highest BCUT2D eigenvalue weighted by atomic mass is 35.5. The number of para-hydroxylation sites is 1. The Hall–Kier alpha value is -3.23. The summed E-state index contributed by atoms with van der Waals surface area (Å²) in [6.45, 7) is 3.75. The van der Waals surface area contributed by atoms with Gasteiger partial charge in [0.25, 0.3) is 5.91 Å². The molecule has 1 aliphatic heterocycles. The molecular formula is C26H31ClN6O2. The molecule has 1 aliphatic rings. The topological polar surface area (TPSA) is 83.4 Å². The molecule has 0 saturated carbocycles. The third-order valence-corrected chi connectivity index (χ3v) is 6.40. The number of nitrogens with one attached hydrogen (secondary N) is 1. The van der Waals surface area contributed by atoms with E-state index >= 15 is 0 Å². The van der Waals surface area contributed by atoms with Crippen molar-refractivity contribution < 1.29 is 9.59 Å². The lowest BCUT2D eigenvalue weighted by Gasteiger charge is -2.26. The number of rotatable bonds is 6. The van der Waals surface area contributed by atoms with Gasteiger partial charge in [-0.3, -0.25) is 19.9 Å².